The predicted octanol–water partition coefficient (Wildman–Crippen LogP) is 3.10. The standard InChI is InChI=1S/C17H25N5O.HI/c1-5-12-7-9-13(10-8-12)20-17(18)19-11-14-15(6-2)21-22(3)16(14)23-4;/h7-10H,5-6,11H2,1-4H3,(H3,18,19,20);1H. The van der Waals surface area contributed by atoms with Gasteiger partial charge in [0.05, 0.1) is 24.9 Å². The topological polar surface area (TPSA) is 77.5 Å². The smallest absolute Gasteiger partial charge is 0.216 e. The van der Waals surface area contributed by atoms with Gasteiger partial charge in [0.15, 0.2) is 5.96 Å². The van der Waals surface area contributed by atoms with E-state index in [4.69, 9.17) is 10.5 Å². The Kier molecular flexibility index (Phi) is 8.03. The van der Waals surface area contributed by atoms with Crippen molar-refractivity contribution in [2.75, 3.05) is 12.4 Å². The molecular weight excluding hydrogens is 417 g/mol. The number of halogens is 1. The highest BCUT2D eigenvalue weighted by atomic mass is 127. The number of aliphatic imine (C=N–C) groups is 1. The fraction of sp³-hybridized carbons (Fsp3) is 0.412. The van der Waals surface area contributed by atoms with Crippen LogP contribution >= 0.6 is 24.0 Å². The molecule has 1 aromatic heterocycles. The van der Waals surface area contributed by atoms with Crippen molar-refractivity contribution in [2.24, 2.45) is 17.8 Å². The van der Waals surface area contributed by atoms with Gasteiger partial charge in [-0.25, -0.2) is 9.67 Å². The summed E-state index contributed by atoms with van der Waals surface area (Å²) in [7, 11) is 3.50. The maximum atomic E-state index is 5.98. The Morgan fingerprint density at radius 2 is 1.92 bits per heavy atom. The van der Waals surface area contributed by atoms with E-state index in [2.05, 4.69) is 41.4 Å². The Balaban J connectivity index is 0.00000288. The number of methoxy groups -OCH3 is 1. The summed E-state index contributed by atoms with van der Waals surface area (Å²) in [4.78, 5) is 4.41. The van der Waals surface area contributed by atoms with Gasteiger partial charge in [0, 0.05) is 12.7 Å². The summed E-state index contributed by atoms with van der Waals surface area (Å²) in [5, 5.41) is 7.55. The van der Waals surface area contributed by atoms with Crippen LogP contribution in [0.1, 0.15) is 30.7 Å². The van der Waals surface area contributed by atoms with Crippen molar-refractivity contribution in [3.63, 3.8) is 0 Å². The Morgan fingerprint density at radius 1 is 1.25 bits per heavy atom. The van der Waals surface area contributed by atoms with E-state index in [1.54, 1.807) is 11.8 Å². The number of rotatable bonds is 6. The molecule has 0 aliphatic carbocycles. The molecule has 0 amide bonds. The number of hydrogen-bond donors (Lipinski definition) is 2. The number of ether oxygens (including phenoxy) is 1. The van der Waals surface area contributed by atoms with Crippen LogP contribution in [-0.2, 0) is 26.4 Å². The van der Waals surface area contributed by atoms with Crippen LogP contribution in [-0.4, -0.2) is 22.8 Å². The van der Waals surface area contributed by atoms with Gasteiger partial charge >= 0.3 is 0 Å². The van der Waals surface area contributed by atoms with Gasteiger partial charge in [-0.1, -0.05) is 26.0 Å². The van der Waals surface area contributed by atoms with Crippen LogP contribution in [0.25, 0.3) is 0 Å². The van der Waals surface area contributed by atoms with E-state index < -0.39 is 0 Å². The van der Waals surface area contributed by atoms with E-state index in [-0.39, 0.29) is 24.0 Å². The monoisotopic (exact) mass is 443 g/mol. The first kappa shape index (κ1) is 20.3. The lowest BCUT2D eigenvalue weighted by atomic mass is 10.1. The molecule has 7 heteroatoms. The highest BCUT2D eigenvalue weighted by Crippen LogP contribution is 2.22. The maximum absolute atomic E-state index is 5.98. The number of nitrogens with zero attached hydrogens (tertiary/aromatic N) is 3. The lowest BCUT2D eigenvalue weighted by Gasteiger charge is -2.07. The third kappa shape index (κ3) is 4.86. The molecule has 0 bridgehead atoms. The first-order chi connectivity index (χ1) is 11.1. The first-order valence-corrected chi connectivity index (χ1v) is 7.83. The van der Waals surface area contributed by atoms with E-state index in [1.165, 1.54) is 5.56 Å². The predicted molar refractivity (Wildman–Crippen MR) is 109 cm³/mol. The van der Waals surface area contributed by atoms with Crippen molar-refractivity contribution in [2.45, 2.75) is 33.2 Å². The summed E-state index contributed by atoms with van der Waals surface area (Å²) in [6, 6.07) is 8.16. The average molecular weight is 443 g/mol. The van der Waals surface area contributed by atoms with E-state index >= 15 is 0 Å². The molecule has 132 valence electrons. The van der Waals surface area contributed by atoms with Gasteiger partial charge in [0.2, 0.25) is 5.88 Å². The van der Waals surface area contributed by atoms with E-state index in [0.29, 0.717) is 12.5 Å². The third-order valence-electron chi connectivity index (χ3n) is 3.74. The highest BCUT2D eigenvalue weighted by Gasteiger charge is 2.15. The molecule has 0 saturated carbocycles. The number of nitrogens with one attached hydrogen (secondary N) is 1. The van der Waals surface area contributed by atoms with Gasteiger partial charge in [-0.15, -0.1) is 24.0 Å². The summed E-state index contributed by atoms with van der Waals surface area (Å²) in [6.45, 7) is 4.63. The second-order valence-corrected chi connectivity index (χ2v) is 5.29. The minimum absolute atomic E-state index is 0. The lowest BCUT2D eigenvalue weighted by molar-refractivity contribution is 0.369. The van der Waals surface area contributed by atoms with Crippen LogP contribution in [0.15, 0.2) is 29.3 Å². The SMILES string of the molecule is CCc1ccc(NC(N)=NCc2c(CC)nn(C)c2OC)cc1.I. The second-order valence-electron chi connectivity index (χ2n) is 5.29. The summed E-state index contributed by atoms with van der Waals surface area (Å²) in [5.74, 6) is 1.10. The zero-order valence-corrected chi connectivity index (χ0v) is 17.0. The van der Waals surface area contributed by atoms with Gasteiger partial charge in [0.25, 0.3) is 0 Å². The normalized spacial score (nSPS) is 11.1. The molecule has 0 aliphatic heterocycles. The number of nitrogens with two attached hydrogens (primary N) is 1. The Morgan fingerprint density at radius 3 is 2.46 bits per heavy atom. The van der Waals surface area contributed by atoms with Crippen LogP contribution in [0.4, 0.5) is 5.69 Å². The first-order valence-electron chi connectivity index (χ1n) is 7.83. The summed E-state index contributed by atoms with van der Waals surface area (Å²) < 4.78 is 7.14. The van der Waals surface area contributed by atoms with E-state index in [1.807, 2.05) is 19.2 Å². The quantitative estimate of drug-likeness (QED) is 0.409. The number of hydrogen-bond acceptors (Lipinski definition) is 3. The van der Waals surface area contributed by atoms with Crippen molar-refractivity contribution in [3.05, 3.63) is 41.1 Å². The Hall–Kier alpha value is -1.77. The average Bonchev–Trinajstić information content (AvgIpc) is 2.88. The molecule has 1 aromatic carbocycles. The van der Waals surface area contributed by atoms with E-state index in [0.717, 1.165) is 35.7 Å². The maximum Gasteiger partial charge on any atom is 0.216 e. The van der Waals surface area contributed by atoms with Crippen molar-refractivity contribution in [1.29, 1.82) is 0 Å². The van der Waals surface area contributed by atoms with Crippen LogP contribution in [0.2, 0.25) is 0 Å². The zero-order valence-electron chi connectivity index (χ0n) is 14.7. The molecule has 0 fully saturated rings. The summed E-state index contributed by atoms with van der Waals surface area (Å²) in [5.41, 5.74) is 10.2. The number of benzene rings is 1. The molecule has 0 atom stereocenters. The van der Waals surface area contributed by atoms with Crippen molar-refractivity contribution >= 4 is 35.6 Å². The zero-order chi connectivity index (χ0) is 16.8. The minimum Gasteiger partial charge on any atom is -0.481 e. The van der Waals surface area contributed by atoms with Crippen molar-refractivity contribution in [1.82, 2.24) is 9.78 Å². The lowest BCUT2D eigenvalue weighted by Crippen LogP contribution is -2.22. The molecule has 6 nitrogen and oxygen atoms in total. The molecule has 2 aromatic rings. The molecule has 24 heavy (non-hydrogen) atoms. The van der Waals surface area contributed by atoms with Crippen LogP contribution < -0.4 is 15.8 Å². The fourth-order valence-corrected chi connectivity index (χ4v) is 2.48. The molecule has 0 radical (unpaired) electrons. The van der Waals surface area contributed by atoms with Gasteiger partial charge in [-0.2, -0.15) is 5.10 Å². The van der Waals surface area contributed by atoms with Gasteiger partial charge in [0.1, 0.15) is 0 Å². The molecule has 0 spiro atoms. The highest BCUT2D eigenvalue weighted by molar-refractivity contribution is 14.0. The summed E-state index contributed by atoms with van der Waals surface area (Å²) in [6.07, 6.45) is 1.85. The van der Waals surface area contributed by atoms with Crippen LogP contribution in [0.3, 0.4) is 0 Å². The molecular formula is C17H26IN5O. The van der Waals surface area contributed by atoms with Crippen LogP contribution in [0.5, 0.6) is 5.88 Å². The summed E-state index contributed by atoms with van der Waals surface area (Å²) >= 11 is 0. The number of guanidine groups is 1. The molecule has 0 unspecified atom stereocenters. The molecule has 0 aliphatic rings. The second kappa shape index (κ2) is 9.51. The molecule has 1 heterocycles. The Bertz CT molecular complexity index is 679. The van der Waals surface area contributed by atoms with E-state index in [9.17, 15) is 0 Å². The van der Waals surface area contributed by atoms with Gasteiger partial charge in [-0.05, 0) is 30.5 Å². The number of anilines is 1. The third-order valence-corrected chi connectivity index (χ3v) is 3.74. The molecule has 2 rings (SSSR count). The van der Waals surface area contributed by atoms with Crippen LogP contribution in [0, 0.1) is 0 Å². The van der Waals surface area contributed by atoms with Gasteiger partial charge < -0.3 is 15.8 Å². The Labute approximate surface area is 160 Å². The number of aromatic nitrogens is 2. The van der Waals surface area contributed by atoms with Crippen molar-refractivity contribution in [3.8, 4) is 5.88 Å². The minimum atomic E-state index is 0. The number of aryl methyl sites for hydroxylation is 3. The molecule has 3 N–H and O–H groups in total. The van der Waals surface area contributed by atoms with Crippen molar-refractivity contribution < 1.29 is 4.74 Å². The molecule has 0 saturated heterocycles. The fourth-order valence-electron chi connectivity index (χ4n) is 2.48. The van der Waals surface area contributed by atoms with Gasteiger partial charge in [-0.3, -0.25) is 0 Å². The largest absolute Gasteiger partial charge is 0.481 e.